The monoisotopic (exact) mass is 502 g/mol. The Morgan fingerprint density at radius 2 is 1.41 bits per heavy atom. The zero-order chi connectivity index (χ0) is 26.7. The molecule has 3 aromatic rings. The van der Waals surface area contributed by atoms with Gasteiger partial charge in [0.05, 0.1) is 21.6 Å². The third kappa shape index (κ3) is 5.10. The molecule has 0 aliphatic carbocycles. The van der Waals surface area contributed by atoms with Crippen LogP contribution in [0.5, 0.6) is 5.75 Å². The minimum absolute atomic E-state index is 0.102. The van der Waals surface area contributed by atoms with Crippen molar-refractivity contribution in [1.82, 2.24) is 4.90 Å². The van der Waals surface area contributed by atoms with E-state index in [-0.39, 0.29) is 33.7 Å². The number of ether oxygens (including phenoxy) is 2. The number of fused-ring (bicyclic) bond motifs is 1. The lowest BCUT2D eigenvalue weighted by atomic mass is 10.1. The topological polar surface area (TPSA) is 150 Å². The number of non-ortho nitro benzene ring substituents is 1. The Balaban J connectivity index is 1.32. The van der Waals surface area contributed by atoms with E-state index in [0.717, 1.165) is 4.90 Å². The molecule has 0 saturated heterocycles. The van der Waals surface area contributed by atoms with Crippen molar-refractivity contribution in [1.29, 1.82) is 0 Å². The normalized spacial score (nSPS) is 13.1. The number of hydrogen-bond donors (Lipinski definition) is 0. The van der Waals surface area contributed by atoms with E-state index in [2.05, 4.69) is 0 Å². The molecule has 3 aromatic carbocycles. The molecule has 2 amide bonds. The first kappa shape index (κ1) is 24.9. The first-order chi connectivity index (χ1) is 17.7. The minimum atomic E-state index is -1.23. The van der Waals surface area contributed by atoms with Gasteiger partial charge in [-0.1, -0.05) is 12.1 Å². The van der Waals surface area contributed by atoms with Gasteiger partial charge >= 0.3 is 11.9 Å². The lowest BCUT2D eigenvalue weighted by Crippen LogP contribution is -2.44. The Bertz CT molecular complexity index is 1390. The van der Waals surface area contributed by atoms with Gasteiger partial charge in [0.25, 0.3) is 17.5 Å². The molecule has 0 aromatic heterocycles. The van der Waals surface area contributed by atoms with Crippen LogP contribution >= 0.6 is 0 Å². The molecule has 0 spiro atoms. The van der Waals surface area contributed by atoms with Gasteiger partial charge in [-0.15, -0.1) is 0 Å². The number of carbonyl (C=O) groups is 5. The first-order valence-corrected chi connectivity index (χ1v) is 10.9. The van der Waals surface area contributed by atoms with Crippen molar-refractivity contribution in [3.63, 3.8) is 0 Å². The number of ketones is 1. The van der Waals surface area contributed by atoms with Gasteiger partial charge in [0, 0.05) is 17.7 Å². The second-order valence-electron chi connectivity index (χ2n) is 7.95. The van der Waals surface area contributed by atoms with Crippen LogP contribution in [0.1, 0.15) is 48.4 Å². The summed E-state index contributed by atoms with van der Waals surface area (Å²) in [4.78, 5) is 73.1. The number of nitrogens with zero attached hydrogens (tertiary/aromatic N) is 2. The fraction of sp³-hybridized carbons (Fsp3) is 0.115. The van der Waals surface area contributed by atoms with E-state index in [0.29, 0.717) is 0 Å². The van der Waals surface area contributed by atoms with E-state index in [1.54, 1.807) is 12.1 Å². The highest BCUT2D eigenvalue weighted by Gasteiger charge is 2.41. The first-order valence-electron chi connectivity index (χ1n) is 10.9. The maximum absolute atomic E-state index is 12.5. The maximum Gasteiger partial charge on any atom is 0.343 e. The molecule has 37 heavy (non-hydrogen) atoms. The SMILES string of the molecule is CC(C(=O)OCC(=O)c1ccc(OC(=O)c2ccc([N+](=O)[O-])cc2)cc1)N1C(=O)c2ccccc2C1=O. The van der Waals surface area contributed by atoms with Gasteiger partial charge in [-0.3, -0.25) is 29.4 Å². The van der Waals surface area contributed by atoms with Crippen molar-refractivity contribution >= 4 is 35.2 Å². The summed E-state index contributed by atoms with van der Waals surface area (Å²) in [5, 5.41) is 10.7. The average Bonchev–Trinajstić information content (AvgIpc) is 3.16. The fourth-order valence-corrected chi connectivity index (χ4v) is 3.60. The average molecular weight is 502 g/mol. The Morgan fingerprint density at radius 1 is 0.865 bits per heavy atom. The van der Waals surface area contributed by atoms with Crippen LogP contribution in [-0.4, -0.2) is 52.0 Å². The molecule has 0 saturated carbocycles. The lowest BCUT2D eigenvalue weighted by molar-refractivity contribution is -0.384. The molecule has 1 unspecified atom stereocenters. The maximum atomic E-state index is 12.5. The molecule has 4 rings (SSSR count). The Morgan fingerprint density at radius 3 is 1.95 bits per heavy atom. The highest BCUT2D eigenvalue weighted by molar-refractivity contribution is 6.22. The van der Waals surface area contributed by atoms with Crippen LogP contribution in [0.3, 0.4) is 0 Å². The van der Waals surface area contributed by atoms with Crippen LogP contribution in [0.25, 0.3) is 0 Å². The number of esters is 2. The smallest absolute Gasteiger partial charge is 0.343 e. The highest BCUT2D eigenvalue weighted by Crippen LogP contribution is 2.25. The Kier molecular flexibility index (Phi) is 6.87. The summed E-state index contributed by atoms with van der Waals surface area (Å²) in [6, 6.07) is 15.3. The molecule has 0 N–H and O–H groups in total. The second-order valence-corrected chi connectivity index (χ2v) is 7.95. The largest absolute Gasteiger partial charge is 0.456 e. The number of carbonyl (C=O) groups excluding carboxylic acids is 5. The number of nitro groups is 1. The standard InChI is InChI=1S/C26H18N2O9/c1-15(27-23(30)20-4-2-3-5-21(20)24(27)31)25(32)36-14-22(29)16-8-12-19(13-9-16)37-26(33)17-6-10-18(11-7-17)28(34)35/h2-13,15H,14H2,1H3. The van der Waals surface area contributed by atoms with Gasteiger partial charge in [0.15, 0.2) is 12.4 Å². The molecular formula is C26H18N2O9. The molecule has 1 atom stereocenters. The van der Waals surface area contributed by atoms with Crippen LogP contribution < -0.4 is 4.74 Å². The molecule has 186 valence electrons. The third-order valence-corrected chi connectivity index (χ3v) is 5.60. The van der Waals surface area contributed by atoms with E-state index in [4.69, 9.17) is 9.47 Å². The quantitative estimate of drug-likeness (QED) is 0.113. The van der Waals surface area contributed by atoms with Gasteiger partial charge in [0.1, 0.15) is 11.8 Å². The summed E-state index contributed by atoms with van der Waals surface area (Å²) < 4.78 is 10.2. The van der Waals surface area contributed by atoms with Gasteiger partial charge in [-0.2, -0.15) is 0 Å². The van der Waals surface area contributed by atoms with Gasteiger partial charge in [0.2, 0.25) is 0 Å². The van der Waals surface area contributed by atoms with Crippen molar-refractivity contribution in [2.24, 2.45) is 0 Å². The number of hydrogen-bond acceptors (Lipinski definition) is 9. The zero-order valence-electron chi connectivity index (χ0n) is 19.3. The molecular weight excluding hydrogens is 484 g/mol. The van der Waals surface area contributed by atoms with Crippen molar-refractivity contribution in [3.05, 3.63) is 105 Å². The van der Waals surface area contributed by atoms with Crippen molar-refractivity contribution in [2.45, 2.75) is 13.0 Å². The van der Waals surface area contributed by atoms with E-state index in [1.165, 1.54) is 67.6 Å². The third-order valence-electron chi connectivity index (χ3n) is 5.60. The molecule has 1 aliphatic heterocycles. The van der Waals surface area contributed by atoms with Gasteiger partial charge in [-0.25, -0.2) is 9.59 Å². The predicted octanol–water partition coefficient (Wildman–Crippen LogP) is 3.22. The predicted molar refractivity (Wildman–Crippen MR) is 126 cm³/mol. The summed E-state index contributed by atoms with van der Waals surface area (Å²) >= 11 is 0. The van der Waals surface area contributed by atoms with Crippen LogP contribution in [0.2, 0.25) is 0 Å². The lowest BCUT2D eigenvalue weighted by Gasteiger charge is -2.20. The van der Waals surface area contributed by atoms with E-state index >= 15 is 0 Å². The van der Waals surface area contributed by atoms with Crippen LogP contribution in [0, 0.1) is 10.1 Å². The van der Waals surface area contributed by atoms with Crippen LogP contribution in [-0.2, 0) is 9.53 Å². The molecule has 0 fully saturated rings. The minimum Gasteiger partial charge on any atom is -0.456 e. The number of nitro benzene ring substituents is 1. The molecule has 1 aliphatic rings. The summed E-state index contributed by atoms with van der Waals surface area (Å²) in [5.41, 5.74) is 0.481. The number of imide groups is 1. The fourth-order valence-electron chi connectivity index (χ4n) is 3.60. The van der Waals surface area contributed by atoms with Gasteiger partial charge < -0.3 is 9.47 Å². The van der Waals surface area contributed by atoms with Crippen LogP contribution in [0.15, 0.2) is 72.8 Å². The summed E-state index contributed by atoms with van der Waals surface area (Å²) in [6.45, 7) is 0.705. The molecule has 11 heteroatoms. The number of benzene rings is 3. The van der Waals surface area contributed by atoms with Crippen LogP contribution in [0.4, 0.5) is 5.69 Å². The van der Waals surface area contributed by atoms with Gasteiger partial charge in [-0.05, 0) is 55.5 Å². The number of Topliss-reactive ketones (excluding diaryl/α,β-unsaturated/α-hetero) is 1. The van der Waals surface area contributed by atoms with E-state index < -0.39 is 47.1 Å². The number of amides is 2. The van der Waals surface area contributed by atoms with E-state index in [1.807, 2.05) is 0 Å². The van der Waals surface area contributed by atoms with Crippen molar-refractivity contribution in [2.75, 3.05) is 6.61 Å². The zero-order valence-corrected chi connectivity index (χ0v) is 19.3. The van der Waals surface area contributed by atoms with E-state index in [9.17, 15) is 34.1 Å². The summed E-state index contributed by atoms with van der Waals surface area (Å²) in [6.07, 6.45) is 0. The van der Waals surface area contributed by atoms with Crippen molar-refractivity contribution in [3.8, 4) is 5.75 Å². The Labute approximate surface area is 209 Å². The second kappa shape index (κ2) is 10.2. The molecule has 0 bridgehead atoms. The molecule has 0 radical (unpaired) electrons. The molecule has 1 heterocycles. The highest BCUT2D eigenvalue weighted by atomic mass is 16.6. The molecule has 11 nitrogen and oxygen atoms in total. The number of rotatable bonds is 8. The summed E-state index contributed by atoms with van der Waals surface area (Å²) in [7, 11) is 0. The van der Waals surface area contributed by atoms with Crippen molar-refractivity contribution < 1.29 is 38.4 Å². The Hall–Kier alpha value is -5.19. The summed E-state index contributed by atoms with van der Waals surface area (Å²) in [5.74, 6) is -3.33.